The lowest BCUT2D eigenvalue weighted by atomic mass is 10.1. The minimum Gasteiger partial charge on any atom is -0.481 e. The monoisotopic (exact) mass is 274 g/mol. The number of nitrogens with zero attached hydrogens (tertiary/aromatic N) is 3. The van der Waals surface area contributed by atoms with Gasteiger partial charge in [0.05, 0.1) is 6.54 Å². The molecule has 1 atom stereocenters. The number of anilines is 1. The van der Waals surface area contributed by atoms with E-state index in [2.05, 4.69) is 15.4 Å². The number of carboxylic acid groups (broad SMARTS) is 1. The second kappa shape index (κ2) is 5.96. The van der Waals surface area contributed by atoms with Gasteiger partial charge < -0.3 is 10.4 Å². The number of hydrogen-bond acceptors (Lipinski definition) is 4. The van der Waals surface area contributed by atoms with Crippen LogP contribution in [0, 0.1) is 5.92 Å². The number of aliphatic carboxylic acids is 1. The molecule has 1 aromatic heterocycles. The number of carbonyl (C=O) groups excluding carboxylic acids is 1. The van der Waals surface area contributed by atoms with Crippen LogP contribution in [-0.2, 0) is 16.1 Å². The predicted molar refractivity (Wildman–Crippen MR) is 71.0 cm³/mol. The quantitative estimate of drug-likeness (QED) is 0.792. The third-order valence-electron chi connectivity index (χ3n) is 2.80. The Bertz CT molecular complexity index is 593. The summed E-state index contributed by atoms with van der Waals surface area (Å²) in [5.41, 5.74) is 1.56. The van der Waals surface area contributed by atoms with E-state index in [0.29, 0.717) is 12.2 Å². The SMILES string of the molecule is CC(C(=O)O)C(=O)Nc1ccc(Cn2cncn2)cc1. The Hall–Kier alpha value is -2.70. The molecule has 1 heterocycles. The van der Waals surface area contributed by atoms with Crippen LogP contribution in [0.1, 0.15) is 12.5 Å². The Balaban J connectivity index is 1.98. The zero-order valence-corrected chi connectivity index (χ0v) is 10.9. The van der Waals surface area contributed by atoms with Crippen molar-refractivity contribution in [3.05, 3.63) is 42.5 Å². The lowest BCUT2D eigenvalue weighted by molar-refractivity contribution is -0.144. The van der Waals surface area contributed by atoms with Crippen LogP contribution in [0.4, 0.5) is 5.69 Å². The zero-order valence-electron chi connectivity index (χ0n) is 10.9. The van der Waals surface area contributed by atoms with Crippen molar-refractivity contribution in [1.82, 2.24) is 14.8 Å². The molecular weight excluding hydrogens is 260 g/mol. The summed E-state index contributed by atoms with van der Waals surface area (Å²) in [7, 11) is 0. The maximum Gasteiger partial charge on any atom is 0.315 e. The molecule has 7 heteroatoms. The van der Waals surface area contributed by atoms with Crippen LogP contribution in [0.15, 0.2) is 36.9 Å². The molecule has 0 radical (unpaired) electrons. The van der Waals surface area contributed by atoms with E-state index in [1.165, 1.54) is 13.3 Å². The number of benzene rings is 1. The summed E-state index contributed by atoms with van der Waals surface area (Å²) < 4.78 is 1.68. The largest absolute Gasteiger partial charge is 0.481 e. The molecule has 7 nitrogen and oxygen atoms in total. The van der Waals surface area contributed by atoms with Gasteiger partial charge in [-0.15, -0.1) is 0 Å². The van der Waals surface area contributed by atoms with E-state index in [-0.39, 0.29) is 0 Å². The Morgan fingerprint density at radius 2 is 2.05 bits per heavy atom. The smallest absolute Gasteiger partial charge is 0.315 e. The summed E-state index contributed by atoms with van der Waals surface area (Å²) in [6.07, 6.45) is 3.08. The Morgan fingerprint density at radius 3 is 2.60 bits per heavy atom. The molecule has 0 aliphatic heterocycles. The van der Waals surface area contributed by atoms with Crippen LogP contribution in [0.2, 0.25) is 0 Å². The van der Waals surface area contributed by atoms with Crippen LogP contribution in [0.3, 0.4) is 0 Å². The van der Waals surface area contributed by atoms with E-state index in [4.69, 9.17) is 5.11 Å². The van der Waals surface area contributed by atoms with Gasteiger partial charge >= 0.3 is 5.97 Å². The first-order valence-corrected chi connectivity index (χ1v) is 6.01. The highest BCUT2D eigenvalue weighted by Gasteiger charge is 2.20. The topological polar surface area (TPSA) is 97.1 Å². The van der Waals surface area contributed by atoms with Crippen LogP contribution in [-0.4, -0.2) is 31.7 Å². The molecule has 0 aliphatic rings. The van der Waals surface area contributed by atoms with Crippen molar-refractivity contribution in [2.24, 2.45) is 5.92 Å². The summed E-state index contributed by atoms with van der Waals surface area (Å²) in [4.78, 5) is 26.1. The van der Waals surface area contributed by atoms with Crippen molar-refractivity contribution in [2.45, 2.75) is 13.5 Å². The van der Waals surface area contributed by atoms with Gasteiger partial charge in [0.15, 0.2) is 0 Å². The van der Waals surface area contributed by atoms with E-state index in [1.807, 2.05) is 12.1 Å². The molecule has 0 fully saturated rings. The number of nitrogens with one attached hydrogen (secondary N) is 1. The van der Waals surface area contributed by atoms with Gasteiger partial charge in [0.1, 0.15) is 18.6 Å². The normalized spacial score (nSPS) is 11.8. The Kier molecular flexibility index (Phi) is 4.09. The van der Waals surface area contributed by atoms with Gasteiger partial charge in [0.25, 0.3) is 0 Å². The first-order chi connectivity index (χ1) is 9.56. The van der Waals surface area contributed by atoms with E-state index >= 15 is 0 Å². The number of hydrogen-bond donors (Lipinski definition) is 2. The average Bonchev–Trinajstić information content (AvgIpc) is 2.92. The van der Waals surface area contributed by atoms with E-state index in [9.17, 15) is 9.59 Å². The second-order valence-corrected chi connectivity index (χ2v) is 4.34. The maximum absolute atomic E-state index is 11.6. The molecule has 0 saturated carbocycles. The fourth-order valence-electron chi connectivity index (χ4n) is 1.56. The van der Waals surface area contributed by atoms with Crippen LogP contribution in [0.25, 0.3) is 0 Å². The molecule has 20 heavy (non-hydrogen) atoms. The molecular formula is C13H14N4O3. The van der Waals surface area contributed by atoms with Crippen molar-refractivity contribution in [1.29, 1.82) is 0 Å². The average molecular weight is 274 g/mol. The number of rotatable bonds is 5. The first-order valence-electron chi connectivity index (χ1n) is 6.01. The molecule has 104 valence electrons. The first kappa shape index (κ1) is 13.7. The fourth-order valence-corrected chi connectivity index (χ4v) is 1.56. The molecule has 1 amide bonds. The molecule has 2 aromatic rings. The highest BCUT2D eigenvalue weighted by Crippen LogP contribution is 2.12. The zero-order chi connectivity index (χ0) is 14.5. The number of aromatic nitrogens is 3. The minimum absolute atomic E-state index is 0.540. The van der Waals surface area contributed by atoms with Gasteiger partial charge in [0, 0.05) is 5.69 Å². The van der Waals surface area contributed by atoms with Crippen molar-refractivity contribution < 1.29 is 14.7 Å². The number of amides is 1. The Labute approximate surface area is 115 Å². The lowest BCUT2D eigenvalue weighted by Crippen LogP contribution is -2.26. The van der Waals surface area contributed by atoms with E-state index < -0.39 is 17.8 Å². The summed E-state index contributed by atoms with van der Waals surface area (Å²) in [5, 5.41) is 15.3. The summed E-state index contributed by atoms with van der Waals surface area (Å²) in [6.45, 7) is 1.93. The molecule has 2 N–H and O–H groups in total. The van der Waals surface area contributed by atoms with Crippen LogP contribution >= 0.6 is 0 Å². The van der Waals surface area contributed by atoms with Gasteiger partial charge in [-0.25, -0.2) is 9.67 Å². The van der Waals surface area contributed by atoms with Crippen molar-refractivity contribution in [3.8, 4) is 0 Å². The molecule has 2 rings (SSSR count). The minimum atomic E-state index is -1.15. The third kappa shape index (κ3) is 3.41. The third-order valence-corrected chi connectivity index (χ3v) is 2.80. The number of carbonyl (C=O) groups is 2. The lowest BCUT2D eigenvalue weighted by Gasteiger charge is -2.09. The van der Waals surface area contributed by atoms with Crippen LogP contribution in [0.5, 0.6) is 0 Å². The standard InChI is InChI=1S/C13H14N4O3/c1-9(13(19)20)12(18)16-11-4-2-10(3-5-11)6-17-8-14-7-15-17/h2-5,7-9H,6H2,1H3,(H,16,18)(H,19,20). The van der Waals surface area contributed by atoms with Gasteiger partial charge in [0.2, 0.25) is 5.91 Å². The van der Waals surface area contributed by atoms with Gasteiger partial charge in [-0.3, -0.25) is 9.59 Å². The summed E-state index contributed by atoms with van der Waals surface area (Å²) in [5.74, 6) is -2.77. The van der Waals surface area contributed by atoms with E-state index in [0.717, 1.165) is 5.56 Å². The van der Waals surface area contributed by atoms with Crippen molar-refractivity contribution in [2.75, 3.05) is 5.32 Å². The van der Waals surface area contributed by atoms with Crippen molar-refractivity contribution in [3.63, 3.8) is 0 Å². The number of carboxylic acids is 1. The molecule has 0 aliphatic carbocycles. The molecule has 1 unspecified atom stereocenters. The predicted octanol–water partition coefficient (Wildman–Crippen LogP) is 0.986. The Morgan fingerprint density at radius 1 is 1.35 bits per heavy atom. The second-order valence-electron chi connectivity index (χ2n) is 4.34. The van der Waals surface area contributed by atoms with Gasteiger partial charge in [-0.05, 0) is 24.6 Å². The highest BCUT2D eigenvalue weighted by molar-refractivity contribution is 6.03. The maximum atomic E-state index is 11.6. The molecule has 0 saturated heterocycles. The summed E-state index contributed by atoms with van der Waals surface area (Å²) >= 11 is 0. The molecule has 0 spiro atoms. The van der Waals surface area contributed by atoms with Crippen LogP contribution < -0.4 is 5.32 Å². The highest BCUT2D eigenvalue weighted by atomic mass is 16.4. The van der Waals surface area contributed by atoms with Gasteiger partial charge in [-0.1, -0.05) is 12.1 Å². The molecule has 1 aromatic carbocycles. The van der Waals surface area contributed by atoms with Crippen molar-refractivity contribution >= 4 is 17.6 Å². The molecule has 0 bridgehead atoms. The fraction of sp³-hybridized carbons (Fsp3) is 0.231. The summed E-state index contributed by atoms with van der Waals surface area (Å²) in [6, 6.07) is 7.11. The van der Waals surface area contributed by atoms with E-state index in [1.54, 1.807) is 23.1 Å². The van der Waals surface area contributed by atoms with Gasteiger partial charge in [-0.2, -0.15) is 5.10 Å².